The molecule has 1 aliphatic rings. The Morgan fingerprint density at radius 3 is 2.16 bits per heavy atom. The fourth-order valence-electron chi connectivity index (χ4n) is 3.52. The van der Waals surface area contributed by atoms with Gasteiger partial charge >= 0.3 is 0 Å². The fourth-order valence-corrected chi connectivity index (χ4v) is 3.65. The van der Waals surface area contributed by atoms with Gasteiger partial charge in [-0.05, 0) is 61.1 Å². The summed E-state index contributed by atoms with van der Waals surface area (Å²) >= 11 is 6.03. The molecule has 32 heavy (non-hydrogen) atoms. The Hall–Kier alpha value is -2.63. The lowest BCUT2D eigenvalue weighted by molar-refractivity contribution is -0.137. The summed E-state index contributed by atoms with van der Waals surface area (Å²) in [6.07, 6.45) is 0.688. The molecular formula is C26H31ClN2O3. The normalized spacial score (nSPS) is 14.7. The van der Waals surface area contributed by atoms with E-state index in [2.05, 4.69) is 26.1 Å². The number of hydrogen-bond donors (Lipinski definition) is 1. The van der Waals surface area contributed by atoms with Crippen molar-refractivity contribution in [1.82, 2.24) is 4.90 Å². The van der Waals surface area contributed by atoms with Crippen LogP contribution in [0.1, 0.15) is 52.2 Å². The number of nitrogens with one attached hydrogen (secondary N) is 1. The molecular weight excluding hydrogens is 424 g/mol. The minimum Gasteiger partial charge on any atom is -0.379 e. The molecule has 0 atom stereocenters. The summed E-state index contributed by atoms with van der Waals surface area (Å²) < 4.78 is 5.56. The second-order valence-electron chi connectivity index (χ2n) is 9.24. The standard InChI is InChI=1S/C26H31ClN2O3/c1-17(2)32-16-6-15-29-24(30)22(18-7-11-20(27)12-8-18)23(25(29)31)28-21-13-9-19(10-14-21)26(3,4)5/h7-14,17,28H,6,15-16H2,1-5H3. The zero-order valence-corrected chi connectivity index (χ0v) is 20.1. The first kappa shape index (κ1) is 24.0. The molecule has 2 amide bonds. The van der Waals surface area contributed by atoms with Crippen molar-refractivity contribution < 1.29 is 14.3 Å². The van der Waals surface area contributed by atoms with Crippen molar-refractivity contribution in [3.8, 4) is 0 Å². The molecule has 0 fully saturated rings. The van der Waals surface area contributed by atoms with Gasteiger partial charge in [0.15, 0.2) is 0 Å². The van der Waals surface area contributed by atoms with Crippen LogP contribution < -0.4 is 5.32 Å². The molecule has 0 bridgehead atoms. The van der Waals surface area contributed by atoms with Crippen molar-refractivity contribution >= 4 is 34.7 Å². The van der Waals surface area contributed by atoms with Gasteiger partial charge in [0, 0.05) is 23.9 Å². The molecule has 0 unspecified atom stereocenters. The highest BCUT2D eigenvalue weighted by Crippen LogP contribution is 2.32. The Bertz CT molecular complexity index is 1000. The van der Waals surface area contributed by atoms with Gasteiger partial charge < -0.3 is 10.1 Å². The summed E-state index contributed by atoms with van der Waals surface area (Å²) in [4.78, 5) is 27.8. The molecule has 2 aromatic carbocycles. The number of anilines is 1. The summed E-state index contributed by atoms with van der Waals surface area (Å²) in [5.74, 6) is -0.639. The number of nitrogens with zero attached hydrogens (tertiary/aromatic N) is 1. The van der Waals surface area contributed by atoms with Gasteiger partial charge in [-0.3, -0.25) is 14.5 Å². The zero-order valence-electron chi connectivity index (χ0n) is 19.4. The fraction of sp³-hybridized carbons (Fsp3) is 0.385. The second kappa shape index (κ2) is 9.88. The Morgan fingerprint density at radius 1 is 0.969 bits per heavy atom. The number of benzene rings is 2. The van der Waals surface area contributed by atoms with Crippen LogP contribution in [0.4, 0.5) is 5.69 Å². The molecule has 170 valence electrons. The summed E-state index contributed by atoms with van der Waals surface area (Å²) in [6.45, 7) is 11.2. The van der Waals surface area contributed by atoms with E-state index in [0.717, 1.165) is 5.69 Å². The van der Waals surface area contributed by atoms with E-state index in [1.165, 1.54) is 10.5 Å². The van der Waals surface area contributed by atoms with Crippen LogP contribution in [0.3, 0.4) is 0 Å². The van der Waals surface area contributed by atoms with Gasteiger partial charge in [0.25, 0.3) is 11.8 Å². The van der Waals surface area contributed by atoms with E-state index in [-0.39, 0.29) is 29.0 Å². The van der Waals surface area contributed by atoms with Gasteiger partial charge in [0.2, 0.25) is 0 Å². The average Bonchev–Trinajstić information content (AvgIpc) is 2.95. The smallest absolute Gasteiger partial charge is 0.278 e. The van der Waals surface area contributed by atoms with E-state index in [9.17, 15) is 9.59 Å². The monoisotopic (exact) mass is 454 g/mol. The lowest BCUT2D eigenvalue weighted by Gasteiger charge is -2.19. The first-order chi connectivity index (χ1) is 15.1. The molecule has 1 aliphatic heterocycles. The lowest BCUT2D eigenvalue weighted by Crippen LogP contribution is -2.34. The third-order valence-electron chi connectivity index (χ3n) is 5.30. The van der Waals surface area contributed by atoms with Crippen LogP contribution >= 0.6 is 11.6 Å². The van der Waals surface area contributed by atoms with Crippen LogP contribution in [-0.2, 0) is 19.7 Å². The number of carbonyl (C=O) groups excluding carboxylic acids is 2. The maximum atomic E-state index is 13.2. The predicted molar refractivity (Wildman–Crippen MR) is 130 cm³/mol. The molecule has 6 heteroatoms. The maximum Gasteiger partial charge on any atom is 0.278 e. The highest BCUT2D eigenvalue weighted by atomic mass is 35.5. The molecule has 0 aliphatic carbocycles. The first-order valence-corrected chi connectivity index (χ1v) is 11.3. The van der Waals surface area contributed by atoms with Crippen molar-refractivity contribution in [3.05, 3.63) is 70.4 Å². The Balaban J connectivity index is 1.89. The highest BCUT2D eigenvalue weighted by Gasteiger charge is 2.38. The minimum absolute atomic E-state index is 0.0280. The van der Waals surface area contributed by atoms with E-state index < -0.39 is 0 Å². The largest absolute Gasteiger partial charge is 0.379 e. The van der Waals surface area contributed by atoms with Crippen LogP contribution in [0.15, 0.2) is 54.2 Å². The van der Waals surface area contributed by atoms with Crippen molar-refractivity contribution in [2.45, 2.75) is 52.6 Å². The van der Waals surface area contributed by atoms with Crippen molar-refractivity contribution in [2.24, 2.45) is 0 Å². The van der Waals surface area contributed by atoms with Gasteiger partial charge in [-0.25, -0.2) is 0 Å². The van der Waals surface area contributed by atoms with Crippen LogP contribution in [0.5, 0.6) is 0 Å². The lowest BCUT2D eigenvalue weighted by atomic mass is 9.87. The molecule has 0 saturated heterocycles. The number of hydrogen-bond acceptors (Lipinski definition) is 4. The van der Waals surface area contributed by atoms with Crippen LogP contribution in [0, 0.1) is 0 Å². The second-order valence-corrected chi connectivity index (χ2v) is 9.68. The summed E-state index contributed by atoms with van der Waals surface area (Å²) in [5.41, 5.74) is 3.27. The molecule has 0 saturated carbocycles. The molecule has 3 rings (SSSR count). The number of carbonyl (C=O) groups is 2. The van der Waals surface area contributed by atoms with E-state index in [1.54, 1.807) is 24.3 Å². The van der Waals surface area contributed by atoms with E-state index >= 15 is 0 Å². The van der Waals surface area contributed by atoms with Gasteiger partial charge in [-0.15, -0.1) is 0 Å². The topological polar surface area (TPSA) is 58.6 Å². The Labute approximate surface area is 195 Å². The van der Waals surface area contributed by atoms with Crippen LogP contribution in [-0.4, -0.2) is 36.0 Å². The molecule has 0 spiro atoms. The molecule has 0 aromatic heterocycles. The summed E-state index contributed by atoms with van der Waals surface area (Å²) in [6, 6.07) is 14.9. The molecule has 1 N–H and O–H groups in total. The third-order valence-corrected chi connectivity index (χ3v) is 5.55. The molecule has 2 aromatic rings. The van der Waals surface area contributed by atoms with E-state index in [4.69, 9.17) is 16.3 Å². The highest BCUT2D eigenvalue weighted by molar-refractivity contribution is 6.36. The summed E-state index contributed by atoms with van der Waals surface area (Å²) in [5, 5.41) is 3.78. The maximum absolute atomic E-state index is 13.2. The summed E-state index contributed by atoms with van der Waals surface area (Å²) in [7, 11) is 0. The van der Waals surface area contributed by atoms with Gasteiger partial charge in [-0.1, -0.05) is 56.6 Å². The number of halogens is 1. The Morgan fingerprint density at radius 2 is 1.59 bits per heavy atom. The molecule has 1 heterocycles. The number of rotatable bonds is 8. The number of ether oxygens (including phenoxy) is 1. The quantitative estimate of drug-likeness (QED) is 0.414. The van der Waals surface area contributed by atoms with Crippen molar-refractivity contribution in [1.29, 1.82) is 0 Å². The van der Waals surface area contributed by atoms with Crippen LogP contribution in [0.25, 0.3) is 5.57 Å². The minimum atomic E-state index is -0.329. The van der Waals surface area contributed by atoms with Gasteiger partial charge in [0.1, 0.15) is 5.70 Å². The van der Waals surface area contributed by atoms with Crippen molar-refractivity contribution in [3.63, 3.8) is 0 Å². The van der Waals surface area contributed by atoms with Crippen molar-refractivity contribution in [2.75, 3.05) is 18.5 Å². The van der Waals surface area contributed by atoms with E-state index in [1.807, 2.05) is 38.1 Å². The SMILES string of the molecule is CC(C)OCCCN1C(=O)C(Nc2ccc(C(C)(C)C)cc2)=C(c2ccc(Cl)cc2)C1=O. The van der Waals surface area contributed by atoms with Gasteiger partial charge in [0.05, 0.1) is 11.7 Å². The zero-order chi connectivity index (χ0) is 23.5. The number of imide groups is 1. The molecule has 0 radical (unpaired) electrons. The molecule has 5 nitrogen and oxygen atoms in total. The first-order valence-electron chi connectivity index (χ1n) is 10.9. The van der Waals surface area contributed by atoms with Gasteiger partial charge in [-0.2, -0.15) is 0 Å². The predicted octanol–water partition coefficient (Wildman–Crippen LogP) is 5.64. The number of amides is 2. The third kappa shape index (κ3) is 5.59. The average molecular weight is 455 g/mol. The van der Waals surface area contributed by atoms with E-state index in [0.29, 0.717) is 35.7 Å². The van der Waals surface area contributed by atoms with Crippen LogP contribution in [0.2, 0.25) is 5.02 Å². The Kier molecular flexibility index (Phi) is 7.42.